The first-order valence-electron chi connectivity index (χ1n) is 8.71. The molecule has 26 heavy (non-hydrogen) atoms. The first-order chi connectivity index (χ1) is 12.6. The number of rotatable bonds is 3. The van der Waals surface area contributed by atoms with E-state index in [1.165, 1.54) is 6.33 Å². The lowest BCUT2D eigenvalue weighted by Crippen LogP contribution is -2.36. The largest absolute Gasteiger partial charge is 0.495 e. The van der Waals surface area contributed by atoms with Crippen LogP contribution < -0.4 is 4.74 Å². The maximum atomic E-state index is 12.9. The van der Waals surface area contributed by atoms with E-state index in [2.05, 4.69) is 10.1 Å². The van der Waals surface area contributed by atoms with Crippen molar-refractivity contribution in [2.24, 2.45) is 11.8 Å². The number of nitrogens with zero attached hydrogens (tertiary/aromatic N) is 4. The van der Waals surface area contributed by atoms with E-state index in [9.17, 15) is 9.90 Å². The van der Waals surface area contributed by atoms with Crippen molar-refractivity contribution in [2.45, 2.75) is 25.0 Å². The number of amides is 1. The minimum absolute atomic E-state index is 0.0317. The van der Waals surface area contributed by atoms with E-state index < -0.39 is 6.10 Å². The molecule has 2 heterocycles. The Morgan fingerprint density at radius 2 is 2.08 bits per heavy atom. The highest BCUT2D eigenvalue weighted by Crippen LogP contribution is 2.41. The third-order valence-corrected chi connectivity index (χ3v) is 5.87. The quantitative estimate of drug-likeness (QED) is 0.886. The van der Waals surface area contributed by atoms with Crippen LogP contribution in [0.3, 0.4) is 0 Å². The lowest BCUT2D eigenvalue weighted by atomic mass is 9.77. The van der Waals surface area contributed by atoms with E-state index in [1.807, 2.05) is 4.90 Å². The Labute approximate surface area is 156 Å². The van der Waals surface area contributed by atoms with E-state index in [0.717, 1.165) is 6.42 Å². The molecule has 0 spiro atoms. The van der Waals surface area contributed by atoms with Gasteiger partial charge in [0, 0.05) is 18.7 Å². The lowest BCUT2D eigenvalue weighted by molar-refractivity contribution is 0.0304. The molecule has 0 radical (unpaired) electrons. The molecule has 4 atom stereocenters. The molecule has 1 N–H and O–H groups in total. The maximum Gasteiger partial charge on any atom is 0.253 e. The number of hydrogen-bond donors (Lipinski definition) is 1. The van der Waals surface area contributed by atoms with Crippen molar-refractivity contribution in [3.05, 3.63) is 41.4 Å². The highest BCUT2D eigenvalue weighted by molar-refractivity contribution is 6.32. The number of methoxy groups -OCH3 is 1. The predicted molar refractivity (Wildman–Crippen MR) is 95.2 cm³/mol. The van der Waals surface area contributed by atoms with Crippen molar-refractivity contribution in [1.82, 2.24) is 19.7 Å². The van der Waals surface area contributed by atoms with Gasteiger partial charge in [0.25, 0.3) is 5.91 Å². The van der Waals surface area contributed by atoms with Crippen molar-refractivity contribution < 1.29 is 14.6 Å². The third-order valence-electron chi connectivity index (χ3n) is 5.57. The average molecular weight is 377 g/mol. The fourth-order valence-corrected chi connectivity index (χ4v) is 4.49. The number of halogens is 1. The van der Waals surface area contributed by atoms with E-state index >= 15 is 0 Å². The van der Waals surface area contributed by atoms with Gasteiger partial charge in [-0.2, -0.15) is 5.10 Å². The van der Waals surface area contributed by atoms with Gasteiger partial charge >= 0.3 is 0 Å². The summed E-state index contributed by atoms with van der Waals surface area (Å²) in [6, 6.07) is 5.02. The van der Waals surface area contributed by atoms with Gasteiger partial charge in [0.1, 0.15) is 18.4 Å². The standard InChI is InChI=1S/C18H21ClN4O3/c1-26-17-3-2-11(4-14(17)19)18(25)22-7-12-5-15(23-10-20-9-21-23)16(24)6-13(12)8-22/h2-4,9-10,12-13,15-16,24H,5-8H2,1H3/t12-,13+,15-,16-/m1/s1. The summed E-state index contributed by atoms with van der Waals surface area (Å²) in [5, 5.41) is 15.1. The number of aliphatic hydroxyl groups is 1. The first kappa shape index (κ1) is 17.3. The molecule has 1 aromatic heterocycles. The van der Waals surface area contributed by atoms with Crippen molar-refractivity contribution in [1.29, 1.82) is 0 Å². The highest BCUT2D eigenvalue weighted by atomic mass is 35.5. The van der Waals surface area contributed by atoms with Crippen LogP contribution in [-0.4, -0.2) is 57.0 Å². The second kappa shape index (κ2) is 6.89. The molecule has 1 saturated carbocycles. The van der Waals surface area contributed by atoms with Gasteiger partial charge in [-0.05, 0) is 42.9 Å². The van der Waals surface area contributed by atoms with Crippen molar-refractivity contribution in [3.8, 4) is 5.75 Å². The number of carbonyl (C=O) groups excluding carboxylic acids is 1. The molecule has 1 amide bonds. The number of likely N-dealkylation sites (tertiary alicyclic amines) is 1. The number of benzene rings is 1. The smallest absolute Gasteiger partial charge is 0.253 e. The molecule has 1 saturated heterocycles. The van der Waals surface area contributed by atoms with Gasteiger partial charge in [0.15, 0.2) is 0 Å². The van der Waals surface area contributed by atoms with Crippen LogP contribution in [0.2, 0.25) is 5.02 Å². The van der Waals surface area contributed by atoms with Crippen LogP contribution in [0, 0.1) is 11.8 Å². The number of fused-ring (bicyclic) bond motifs is 1. The Bertz CT molecular complexity index is 798. The molecule has 1 aliphatic carbocycles. The van der Waals surface area contributed by atoms with Gasteiger partial charge in [-0.1, -0.05) is 11.6 Å². The molecule has 0 bridgehead atoms. The Hall–Kier alpha value is -2.12. The minimum atomic E-state index is -0.469. The van der Waals surface area contributed by atoms with E-state index in [0.29, 0.717) is 47.7 Å². The predicted octanol–water partition coefficient (Wildman–Crippen LogP) is 2.02. The Morgan fingerprint density at radius 3 is 2.73 bits per heavy atom. The van der Waals surface area contributed by atoms with Crippen molar-refractivity contribution in [3.63, 3.8) is 0 Å². The van der Waals surface area contributed by atoms with Gasteiger partial charge in [0.2, 0.25) is 0 Å². The van der Waals surface area contributed by atoms with Gasteiger partial charge in [-0.25, -0.2) is 9.67 Å². The van der Waals surface area contributed by atoms with Crippen LogP contribution in [0.5, 0.6) is 5.75 Å². The summed E-state index contributed by atoms with van der Waals surface area (Å²) < 4.78 is 6.87. The number of aliphatic hydroxyl groups excluding tert-OH is 1. The molecule has 2 aromatic rings. The Balaban J connectivity index is 1.48. The Kier molecular flexibility index (Phi) is 4.58. The van der Waals surface area contributed by atoms with Gasteiger partial charge in [-0.15, -0.1) is 0 Å². The number of aromatic nitrogens is 3. The molecule has 4 rings (SSSR count). The summed E-state index contributed by atoms with van der Waals surface area (Å²) in [7, 11) is 1.55. The van der Waals surface area contributed by atoms with Crippen molar-refractivity contribution >= 4 is 17.5 Å². The summed E-state index contributed by atoms with van der Waals surface area (Å²) in [5.41, 5.74) is 0.558. The SMILES string of the molecule is COc1ccc(C(=O)N2C[C@H]3C[C@@H](n4cncn4)[C@H](O)C[C@H]3C2)cc1Cl. The maximum absolute atomic E-state index is 12.9. The van der Waals surface area contributed by atoms with Crippen LogP contribution in [-0.2, 0) is 0 Å². The first-order valence-corrected chi connectivity index (χ1v) is 9.09. The summed E-state index contributed by atoms with van der Waals surface area (Å²) in [4.78, 5) is 18.7. The highest BCUT2D eigenvalue weighted by Gasteiger charge is 2.44. The fourth-order valence-electron chi connectivity index (χ4n) is 4.23. The zero-order chi connectivity index (χ0) is 18.3. The van der Waals surface area contributed by atoms with E-state index in [-0.39, 0.29) is 11.9 Å². The zero-order valence-electron chi connectivity index (χ0n) is 14.5. The van der Waals surface area contributed by atoms with Gasteiger partial charge in [0.05, 0.1) is 24.3 Å². The third kappa shape index (κ3) is 3.05. The zero-order valence-corrected chi connectivity index (χ0v) is 15.2. The van der Waals surface area contributed by atoms with Crippen LogP contribution in [0.15, 0.2) is 30.9 Å². The van der Waals surface area contributed by atoms with Crippen LogP contribution >= 0.6 is 11.6 Å². The molecule has 8 heteroatoms. The monoisotopic (exact) mass is 376 g/mol. The normalized spacial score (nSPS) is 28.0. The molecule has 0 unspecified atom stereocenters. The number of hydrogen-bond acceptors (Lipinski definition) is 5. The Morgan fingerprint density at radius 1 is 1.31 bits per heavy atom. The molecule has 1 aromatic carbocycles. The van der Waals surface area contributed by atoms with E-state index in [1.54, 1.807) is 36.3 Å². The summed E-state index contributed by atoms with van der Waals surface area (Å²) in [6.45, 7) is 1.35. The topological polar surface area (TPSA) is 80.5 Å². The fraction of sp³-hybridized carbons (Fsp3) is 0.500. The molecule has 138 valence electrons. The minimum Gasteiger partial charge on any atom is -0.495 e. The summed E-state index contributed by atoms with van der Waals surface area (Å²) >= 11 is 6.15. The summed E-state index contributed by atoms with van der Waals surface area (Å²) in [5.74, 6) is 1.18. The summed E-state index contributed by atoms with van der Waals surface area (Å²) in [6.07, 6.45) is 4.12. The number of carbonyl (C=O) groups is 1. The second-order valence-electron chi connectivity index (χ2n) is 7.06. The lowest BCUT2D eigenvalue weighted by Gasteiger charge is -2.34. The average Bonchev–Trinajstić information content (AvgIpc) is 3.29. The molecule has 7 nitrogen and oxygen atoms in total. The van der Waals surface area contributed by atoms with Crippen LogP contribution in [0.1, 0.15) is 29.2 Å². The van der Waals surface area contributed by atoms with Crippen LogP contribution in [0.25, 0.3) is 0 Å². The van der Waals surface area contributed by atoms with E-state index in [4.69, 9.17) is 16.3 Å². The molecular weight excluding hydrogens is 356 g/mol. The van der Waals surface area contributed by atoms with Gasteiger partial charge in [-0.3, -0.25) is 4.79 Å². The van der Waals surface area contributed by atoms with Gasteiger partial charge < -0.3 is 14.7 Å². The molecule has 2 fully saturated rings. The molecule has 1 aliphatic heterocycles. The molecule has 2 aliphatic rings. The molecular formula is C18H21ClN4O3. The van der Waals surface area contributed by atoms with Crippen LogP contribution in [0.4, 0.5) is 0 Å². The second-order valence-corrected chi connectivity index (χ2v) is 7.47. The number of ether oxygens (including phenoxy) is 1. The van der Waals surface area contributed by atoms with Crippen molar-refractivity contribution in [2.75, 3.05) is 20.2 Å².